The van der Waals surface area contributed by atoms with Gasteiger partial charge in [-0.15, -0.1) is 0 Å². The van der Waals surface area contributed by atoms with E-state index in [0.29, 0.717) is 12.1 Å². The largest absolute Gasteiger partial charge is 0.468 e. The van der Waals surface area contributed by atoms with Gasteiger partial charge >= 0.3 is 0 Å². The molecule has 0 amide bonds. The molecule has 2 unspecified atom stereocenters. The van der Waals surface area contributed by atoms with Crippen molar-refractivity contribution in [2.45, 2.75) is 32.0 Å². The minimum atomic E-state index is 0.419. The molecule has 0 aromatic carbocycles. The summed E-state index contributed by atoms with van der Waals surface area (Å²) in [7, 11) is 1.80. The van der Waals surface area contributed by atoms with Crippen molar-refractivity contribution in [2.75, 3.05) is 26.7 Å². The summed E-state index contributed by atoms with van der Waals surface area (Å²) in [6.45, 7) is 6.24. The van der Waals surface area contributed by atoms with Crippen molar-refractivity contribution < 1.29 is 9.15 Å². The Bertz CT molecular complexity index is 313. The summed E-state index contributed by atoms with van der Waals surface area (Å²) in [4.78, 5) is 2.48. The van der Waals surface area contributed by atoms with Crippen LogP contribution in [-0.2, 0) is 11.3 Å². The number of ether oxygens (including phenoxy) is 1. The highest BCUT2D eigenvalue weighted by atomic mass is 16.5. The zero-order valence-electron chi connectivity index (χ0n) is 10.7. The molecule has 4 heteroatoms. The molecule has 1 aromatic heterocycles. The van der Waals surface area contributed by atoms with Gasteiger partial charge in [-0.2, -0.15) is 0 Å². The SMILES string of the molecule is COC1CCN(C(C)CNCc2ccco2)C1. The summed E-state index contributed by atoms with van der Waals surface area (Å²) in [5.74, 6) is 0.994. The van der Waals surface area contributed by atoms with E-state index in [1.807, 2.05) is 12.1 Å². The maximum absolute atomic E-state index is 5.38. The number of nitrogens with one attached hydrogen (secondary N) is 1. The summed E-state index contributed by atoms with van der Waals surface area (Å²) in [5, 5.41) is 3.42. The second kappa shape index (κ2) is 6.19. The molecule has 2 atom stereocenters. The second-order valence-corrected chi connectivity index (χ2v) is 4.70. The summed E-state index contributed by atoms with van der Waals surface area (Å²) >= 11 is 0. The number of rotatable bonds is 6. The lowest BCUT2D eigenvalue weighted by atomic mass is 10.3. The van der Waals surface area contributed by atoms with E-state index >= 15 is 0 Å². The van der Waals surface area contributed by atoms with Gasteiger partial charge in [0.05, 0.1) is 18.9 Å². The Morgan fingerprint density at radius 2 is 2.53 bits per heavy atom. The quantitative estimate of drug-likeness (QED) is 0.814. The van der Waals surface area contributed by atoms with Crippen LogP contribution in [0.4, 0.5) is 0 Å². The van der Waals surface area contributed by atoms with Gasteiger partial charge < -0.3 is 14.5 Å². The number of furan rings is 1. The second-order valence-electron chi connectivity index (χ2n) is 4.70. The van der Waals surface area contributed by atoms with Gasteiger partial charge in [0.15, 0.2) is 0 Å². The highest BCUT2D eigenvalue weighted by Gasteiger charge is 2.25. The summed E-state index contributed by atoms with van der Waals surface area (Å²) in [5.41, 5.74) is 0. The molecule has 2 rings (SSSR count). The van der Waals surface area contributed by atoms with Crippen molar-refractivity contribution in [3.63, 3.8) is 0 Å². The molecule has 2 heterocycles. The summed E-state index contributed by atoms with van der Waals surface area (Å²) in [6.07, 6.45) is 3.28. The van der Waals surface area contributed by atoms with Crippen LogP contribution >= 0.6 is 0 Å². The van der Waals surface area contributed by atoms with Crippen LogP contribution < -0.4 is 5.32 Å². The fourth-order valence-corrected chi connectivity index (χ4v) is 2.29. The van der Waals surface area contributed by atoms with Crippen LogP contribution in [0, 0.1) is 0 Å². The van der Waals surface area contributed by atoms with Gasteiger partial charge in [-0.3, -0.25) is 4.90 Å². The normalized spacial score (nSPS) is 23.1. The first-order valence-corrected chi connectivity index (χ1v) is 6.29. The van der Waals surface area contributed by atoms with Crippen LogP contribution in [0.15, 0.2) is 22.8 Å². The Hall–Kier alpha value is -0.840. The van der Waals surface area contributed by atoms with Crippen LogP contribution in [0.2, 0.25) is 0 Å². The molecule has 1 aliphatic heterocycles. The van der Waals surface area contributed by atoms with Gasteiger partial charge in [-0.25, -0.2) is 0 Å². The predicted octanol–water partition coefficient (Wildman–Crippen LogP) is 1.48. The van der Waals surface area contributed by atoms with Crippen molar-refractivity contribution >= 4 is 0 Å². The third-order valence-corrected chi connectivity index (χ3v) is 3.45. The van der Waals surface area contributed by atoms with Crippen LogP contribution in [0.5, 0.6) is 0 Å². The van der Waals surface area contributed by atoms with Gasteiger partial charge in [0.25, 0.3) is 0 Å². The van der Waals surface area contributed by atoms with Gasteiger partial charge in [0, 0.05) is 32.8 Å². The van der Waals surface area contributed by atoms with Crippen LogP contribution in [-0.4, -0.2) is 43.8 Å². The van der Waals surface area contributed by atoms with E-state index in [4.69, 9.17) is 9.15 Å². The molecule has 0 aliphatic carbocycles. The molecular weight excluding hydrogens is 216 g/mol. The third-order valence-electron chi connectivity index (χ3n) is 3.45. The third kappa shape index (κ3) is 3.56. The average molecular weight is 238 g/mol. The van der Waals surface area contributed by atoms with E-state index in [1.165, 1.54) is 0 Å². The minimum absolute atomic E-state index is 0.419. The number of hydrogen-bond acceptors (Lipinski definition) is 4. The molecule has 1 N–H and O–H groups in total. The summed E-state index contributed by atoms with van der Waals surface area (Å²) in [6, 6.07) is 4.46. The van der Waals surface area contributed by atoms with Crippen LogP contribution in [0.3, 0.4) is 0 Å². The molecule has 1 aliphatic rings. The lowest BCUT2D eigenvalue weighted by Gasteiger charge is -2.24. The Labute approximate surface area is 103 Å². The number of nitrogens with zero attached hydrogens (tertiary/aromatic N) is 1. The highest BCUT2D eigenvalue weighted by Crippen LogP contribution is 2.14. The van der Waals surface area contributed by atoms with Crippen LogP contribution in [0.25, 0.3) is 0 Å². The van der Waals surface area contributed by atoms with E-state index in [0.717, 1.165) is 38.4 Å². The lowest BCUT2D eigenvalue weighted by Crippen LogP contribution is -2.39. The van der Waals surface area contributed by atoms with Crippen molar-refractivity contribution in [2.24, 2.45) is 0 Å². The van der Waals surface area contributed by atoms with Crippen molar-refractivity contribution in [1.82, 2.24) is 10.2 Å². The lowest BCUT2D eigenvalue weighted by molar-refractivity contribution is 0.102. The highest BCUT2D eigenvalue weighted by molar-refractivity contribution is 4.97. The first kappa shape index (κ1) is 12.6. The van der Waals surface area contributed by atoms with Gasteiger partial charge in [0.2, 0.25) is 0 Å². The molecule has 0 spiro atoms. The Balaban J connectivity index is 1.65. The topological polar surface area (TPSA) is 37.6 Å². The van der Waals surface area contributed by atoms with Gasteiger partial charge in [-0.1, -0.05) is 0 Å². The Morgan fingerprint density at radius 1 is 1.65 bits per heavy atom. The molecule has 0 bridgehead atoms. The molecule has 17 heavy (non-hydrogen) atoms. The van der Waals surface area contributed by atoms with Crippen molar-refractivity contribution in [1.29, 1.82) is 0 Å². The van der Waals surface area contributed by atoms with Crippen molar-refractivity contribution in [3.05, 3.63) is 24.2 Å². The van der Waals surface area contributed by atoms with Crippen molar-refractivity contribution in [3.8, 4) is 0 Å². The number of hydrogen-bond donors (Lipinski definition) is 1. The van der Waals surface area contributed by atoms with Gasteiger partial charge in [-0.05, 0) is 25.5 Å². The Morgan fingerprint density at radius 3 is 3.18 bits per heavy atom. The molecule has 1 saturated heterocycles. The fourth-order valence-electron chi connectivity index (χ4n) is 2.29. The molecule has 1 aromatic rings. The maximum Gasteiger partial charge on any atom is 0.117 e. The average Bonchev–Trinajstić information content (AvgIpc) is 2.99. The van der Waals surface area contributed by atoms with E-state index in [9.17, 15) is 0 Å². The number of methoxy groups -OCH3 is 1. The number of likely N-dealkylation sites (tertiary alicyclic amines) is 1. The maximum atomic E-state index is 5.38. The minimum Gasteiger partial charge on any atom is -0.468 e. The fraction of sp³-hybridized carbons (Fsp3) is 0.692. The zero-order valence-corrected chi connectivity index (χ0v) is 10.7. The van der Waals surface area contributed by atoms with Gasteiger partial charge in [0.1, 0.15) is 5.76 Å². The molecule has 4 nitrogen and oxygen atoms in total. The van der Waals surface area contributed by atoms with E-state index in [2.05, 4.69) is 17.1 Å². The standard InChI is InChI=1S/C13H22N2O2/c1-11(15-6-5-13(10-15)16-2)8-14-9-12-4-3-7-17-12/h3-4,7,11,13-14H,5-6,8-10H2,1-2H3. The van der Waals surface area contributed by atoms with E-state index in [1.54, 1.807) is 13.4 Å². The Kier molecular flexibility index (Phi) is 4.59. The molecular formula is C13H22N2O2. The zero-order chi connectivity index (χ0) is 12.1. The summed E-state index contributed by atoms with van der Waals surface area (Å²) < 4.78 is 10.7. The first-order chi connectivity index (χ1) is 8.29. The van der Waals surface area contributed by atoms with Crippen LogP contribution in [0.1, 0.15) is 19.1 Å². The van der Waals surface area contributed by atoms with E-state index < -0.39 is 0 Å². The van der Waals surface area contributed by atoms with E-state index in [-0.39, 0.29) is 0 Å². The monoisotopic (exact) mass is 238 g/mol. The molecule has 0 saturated carbocycles. The molecule has 96 valence electrons. The smallest absolute Gasteiger partial charge is 0.117 e. The first-order valence-electron chi connectivity index (χ1n) is 6.29. The molecule has 1 fully saturated rings. The molecule has 0 radical (unpaired) electrons. The predicted molar refractivity (Wildman–Crippen MR) is 66.9 cm³/mol.